The minimum Gasteiger partial charge on any atom is -0.369 e. The summed E-state index contributed by atoms with van der Waals surface area (Å²) >= 11 is 6.10. The van der Waals surface area contributed by atoms with E-state index in [0.717, 1.165) is 37.9 Å². The number of halogens is 1. The molecule has 4 rings (SSSR count). The van der Waals surface area contributed by atoms with Crippen molar-refractivity contribution in [3.8, 4) is 0 Å². The molecule has 0 aliphatic carbocycles. The molecule has 2 fully saturated rings. The Labute approximate surface area is 153 Å². The number of benzene rings is 2. The number of carbonyl (C=O) groups is 1. The van der Waals surface area contributed by atoms with E-state index in [-0.39, 0.29) is 11.9 Å². The maximum atomic E-state index is 12.1. The lowest BCUT2D eigenvalue weighted by molar-refractivity contribution is -0.150. The van der Waals surface area contributed by atoms with Crippen LogP contribution in [0.5, 0.6) is 0 Å². The second-order valence-corrected chi connectivity index (χ2v) is 7.16. The van der Waals surface area contributed by atoms with E-state index in [2.05, 4.69) is 28.0 Å². The van der Waals surface area contributed by atoms with Gasteiger partial charge in [-0.1, -0.05) is 48.0 Å². The molecular formula is C20H22ClN3O. The molecule has 1 atom stereocenters. The molecule has 2 saturated heterocycles. The highest BCUT2D eigenvalue weighted by atomic mass is 35.5. The monoisotopic (exact) mass is 355 g/mol. The van der Waals surface area contributed by atoms with Gasteiger partial charge >= 0.3 is 0 Å². The van der Waals surface area contributed by atoms with E-state index in [1.165, 1.54) is 11.3 Å². The Morgan fingerprint density at radius 3 is 2.40 bits per heavy atom. The maximum absolute atomic E-state index is 12.1. The fraction of sp³-hybridized carbons (Fsp3) is 0.350. The first-order valence-electron chi connectivity index (χ1n) is 8.78. The van der Waals surface area contributed by atoms with Crippen molar-refractivity contribution < 1.29 is 4.79 Å². The summed E-state index contributed by atoms with van der Waals surface area (Å²) in [5, 5.41) is 0.775. The van der Waals surface area contributed by atoms with Crippen molar-refractivity contribution >= 4 is 23.2 Å². The largest absolute Gasteiger partial charge is 0.369 e. The van der Waals surface area contributed by atoms with Gasteiger partial charge in [-0.3, -0.25) is 9.69 Å². The van der Waals surface area contributed by atoms with Crippen molar-refractivity contribution in [3.63, 3.8) is 0 Å². The van der Waals surface area contributed by atoms with E-state index in [4.69, 9.17) is 11.6 Å². The predicted molar refractivity (Wildman–Crippen MR) is 101 cm³/mol. The van der Waals surface area contributed by atoms with Gasteiger partial charge in [0.15, 0.2) is 0 Å². The van der Waals surface area contributed by atoms with Gasteiger partial charge in [-0.05, 0) is 23.8 Å². The number of piperazine rings is 1. The van der Waals surface area contributed by atoms with E-state index in [1.807, 2.05) is 41.3 Å². The van der Waals surface area contributed by atoms with Gasteiger partial charge in [-0.15, -0.1) is 0 Å². The molecule has 4 nitrogen and oxygen atoms in total. The average molecular weight is 356 g/mol. The molecule has 130 valence electrons. The molecule has 0 bridgehead atoms. The van der Waals surface area contributed by atoms with Gasteiger partial charge in [-0.2, -0.15) is 0 Å². The fourth-order valence-corrected chi connectivity index (χ4v) is 3.82. The van der Waals surface area contributed by atoms with Crippen molar-refractivity contribution in [1.82, 2.24) is 9.80 Å². The van der Waals surface area contributed by atoms with Gasteiger partial charge in [0, 0.05) is 36.9 Å². The van der Waals surface area contributed by atoms with Crippen LogP contribution in [0, 0.1) is 0 Å². The zero-order valence-corrected chi connectivity index (χ0v) is 14.9. The Balaban J connectivity index is 1.34. The molecule has 1 amide bonds. The lowest BCUT2D eigenvalue weighted by atomic mass is 9.94. The van der Waals surface area contributed by atoms with E-state index >= 15 is 0 Å². The first kappa shape index (κ1) is 16.4. The highest BCUT2D eigenvalue weighted by molar-refractivity contribution is 6.30. The minimum absolute atomic E-state index is 0.236. The van der Waals surface area contributed by atoms with Crippen LogP contribution in [0.4, 0.5) is 5.69 Å². The molecule has 25 heavy (non-hydrogen) atoms. The van der Waals surface area contributed by atoms with Crippen LogP contribution in [0.15, 0.2) is 54.6 Å². The third-order valence-corrected chi connectivity index (χ3v) is 5.38. The van der Waals surface area contributed by atoms with E-state index < -0.39 is 0 Å². The lowest BCUT2D eigenvalue weighted by Crippen LogP contribution is -2.55. The van der Waals surface area contributed by atoms with E-state index in [0.29, 0.717) is 6.42 Å². The molecule has 2 heterocycles. The number of rotatable bonds is 4. The summed E-state index contributed by atoms with van der Waals surface area (Å²) in [4.78, 5) is 18.8. The Morgan fingerprint density at radius 2 is 1.72 bits per heavy atom. The molecule has 0 saturated carbocycles. The third-order valence-electron chi connectivity index (χ3n) is 5.15. The summed E-state index contributed by atoms with van der Waals surface area (Å²) in [6, 6.07) is 18.6. The summed E-state index contributed by atoms with van der Waals surface area (Å²) < 4.78 is 0. The molecular weight excluding hydrogens is 334 g/mol. The molecule has 0 radical (unpaired) electrons. The van der Waals surface area contributed by atoms with Crippen LogP contribution < -0.4 is 4.90 Å². The maximum Gasteiger partial charge on any atom is 0.226 e. The SMILES string of the molecule is O=C1C[C@H](c2ccccc2)N1CN1CCN(c2cccc(Cl)c2)CC1. The van der Waals surface area contributed by atoms with Gasteiger partial charge in [0.25, 0.3) is 0 Å². The summed E-state index contributed by atoms with van der Waals surface area (Å²) in [6.45, 7) is 4.55. The second kappa shape index (κ2) is 7.06. The van der Waals surface area contributed by atoms with Gasteiger partial charge in [0.2, 0.25) is 5.91 Å². The first-order valence-corrected chi connectivity index (χ1v) is 9.16. The van der Waals surface area contributed by atoms with Crippen molar-refractivity contribution in [2.75, 3.05) is 37.7 Å². The fourth-order valence-electron chi connectivity index (χ4n) is 3.64. The van der Waals surface area contributed by atoms with Gasteiger partial charge in [-0.25, -0.2) is 0 Å². The van der Waals surface area contributed by atoms with Gasteiger partial charge < -0.3 is 9.80 Å². The van der Waals surface area contributed by atoms with Crippen molar-refractivity contribution in [2.45, 2.75) is 12.5 Å². The third kappa shape index (κ3) is 3.51. The number of hydrogen-bond donors (Lipinski definition) is 0. The number of amides is 1. The Bertz CT molecular complexity index is 744. The standard InChI is InChI=1S/C20H22ClN3O/c21-17-7-4-8-18(13-17)23-11-9-22(10-12-23)15-24-19(14-20(24)25)16-5-2-1-3-6-16/h1-8,13,19H,9-12,14-15H2/t19-/m1/s1. The Hall–Kier alpha value is -2.04. The molecule has 0 aromatic heterocycles. The first-order chi connectivity index (χ1) is 12.2. The molecule has 5 heteroatoms. The topological polar surface area (TPSA) is 26.8 Å². The van der Waals surface area contributed by atoms with Crippen LogP contribution in [0.3, 0.4) is 0 Å². The summed E-state index contributed by atoms with van der Waals surface area (Å²) in [5.74, 6) is 0.256. The Morgan fingerprint density at radius 1 is 0.960 bits per heavy atom. The average Bonchev–Trinajstić information content (AvgIpc) is 2.65. The lowest BCUT2D eigenvalue weighted by Gasteiger charge is -2.45. The summed E-state index contributed by atoms with van der Waals surface area (Å²) in [6.07, 6.45) is 0.631. The predicted octanol–water partition coefficient (Wildman–Crippen LogP) is 3.39. The van der Waals surface area contributed by atoms with Crippen molar-refractivity contribution in [2.24, 2.45) is 0 Å². The molecule has 0 N–H and O–H groups in total. The van der Waals surface area contributed by atoms with Gasteiger partial charge in [0.05, 0.1) is 19.1 Å². The Kier molecular flexibility index (Phi) is 4.64. The number of likely N-dealkylation sites (tertiary alicyclic amines) is 1. The number of nitrogens with zero attached hydrogens (tertiary/aromatic N) is 3. The molecule has 2 aromatic rings. The molecule has 0 spiro atoms. The second-order valence-electron chi connectivity index (χ2n) is 6.72. The van der Waals surface area contributed by atoms with E-state index in [9.17, 15) is 4.79 Å². The smallest absolute Gasteiger partial charge is 0.226 e. The van der Waals surface area contributed by atoms with Crippen molar-refractivity contribution in [1.29, 1.82) is 0 Å². The van der Waals surface area contributed by atoms with E-state index in [1.54, 1.807) is 0 Å². The van der Waals surface area contributed by atoms with Crippen molar-refractivity contribution in [3.05, 3.63) is 65.2 Å². The zero-order valence-electron chi connectivity index (χ0n) is 14.1. The minimum atomic E-state index is 0.236. The van der Waals surface area contributed by atoms with Crippen LogP contribution in [-0.4, -0.2) is 48.6 Å². The molecule has 0 unspecified atom stereocenters. The summed E-state index contributed by atoms with van der Waals surface area (Å²) in [7, 11) is 0. The van der Waals surface area contributed by atoms with Gasteiger partial charge in [0.1, 0.15) is 0 Å². The highest BCUT2D eigenvalue weighted by Crippen LogP contribution is 2.34. The number of β-lactam (4-membered cyclic amide) rings is 1. The quantitative estimate of drug-likeness (QED) is 0.786. The van der Waals surface area contributed by atoms with Crippen LogP contribution in [-0.2, 0) is 4.79 Å². The summed E-state index contributed by atoms with van der Waals surface area (Å²) in [5.41, 5.74) is 2.41. The van der Waals surface area contributed by atoms with Crippen LogP contribution in [0.25, 0.3) is 0 Å². The molecule has 2 aromatic carbocycles. The van der Waals surface area contributed by atoms with Crippen LogP contribution >= 0.6 is 11.6 Å². The van der Waals surface area contributed by atoms with Crippen LogP contribution in [0.1, 0.15) is 18.0 Å². The highest BCUT2D eigenvalue weighted by Gasteiger charge is 2.38. The normalized spacial score (nSPS) is 21.3. The van der Waals surface area contributed by atoms with Crippen LogP contribution in [0.2, 0.25) is 5.02 Å². The number of carbonyl (C=O) groups excluding carboxylic acids is 1. The molecule has 2 aliphatic heterocycles. The number of anilines is 1. The zero-order chi connectivity index (χ0) is 17.2. The molecule has 2 aliphatic rings. The number of hydrogen-bond acceptors (Lipinski definition) is 3.